The van der Waals surface area contributed by atoms with Gasteiger partial charge in [0, 0.05) is 36.1 Å². The molecule has 0 aliphatic carbocycles. The van der Waals surface area contributed by atoms with Crippen LogP contribution in [-0.4, -0.2) is 36.9 Å². The van der Waals surface area contributed by atoms with E-state index >= 15 is 0 Å². The number of benzene rings is 2. The van der Waals surface area contributed by atoms with Gasteiger partial charge in [-0.25, -0.2) is 0 Å². The normalized spacial score (nSPS) is 16.3. The fraction of sp³-hybridized carbons (Fsp3) is 0.208. The summed E-state index contributed by atoms with van der Waals surface area (Å²) in [5.74, 6) is -0.148. The van der Waals surface area contributed by atoms with E-state index < -0.39 is 5.91 Å². The quantitative estimate of drug-likeness (QED) is 0.413. The van der Waals surface area contributed by atoms with Gasteiger partial charge in [-0.1, -0.05) is 13.0 Å². The van der Waals surface area contributed by atoms with Crippen LogP contribution in [0.5, 0.6) is 0 Å². The zero-order chi connectivity index (χ0) is 24.1. The second kappa shape index (κ2) is 9.78. The van der Waals surface area contributed by atoms with Crippen LogP contribution in [0.25, 0.3) is 5.57 Å². The predicted octanol–water partition coefficient (Wildman–Crippen LogP) is 2.98. The van der Waals surface area contributed by atoms with Crippen LogP contribution in [0.4, 0.5) is 17.1 Å². The van der Waals surface area contributed by atoms with Gasteiger partial charge >= 0.3 is 0 Å². The minimum atomic E-state index is -0.541. The minimum absolute atomic E-state index is 0.144. The Labute approximate surface area is 192 Å². The molecule has 2 aromatic rings. The van der Waals surface area contributed by atoms with Crippen molar-refractivity contribution in [3.05, 3.63) is 59.8 Å². The zero-order valence-corrected chi connectivity index (χ0v) is 18.5. The van der Waals surface area contributed by atoms with Crippen LogP contribution in [0.1, 0.15) is 25.0 Å². The smallest absolute Gasteiger partial charge is 0.239 e. The van der Waals surface area contributed by atoms with E-state index in [0.29, 0.717) is 29.2 Å². The maximum absolute atomic E-state index is 11.0. The molecule has 0 saturated heterocycles. The Morgan fingerprint density at radius 1 is 1.27 bits per heavy atom. The van der Waals surface area contributed by atoms with E-state index in [1.165, 1.54) is 12.4 Å². The number of amides is 1. The summed E-state index contributed by atoms with van der Waals surface area (Å²) >= 11 is 0. The predicted molar refractivity (Wildman–Crippen MR) is 132 cm³/mol. The molecule has 0 bridgehead atoms. The number of nitrogens with two attached hydrogens (primary N) is 2. The van der Waals surface area contributed by atoms with Crippen molar-refractivity contribution in [2.24, 2.45) is 22.4 Å². The van der Waals surface area contributed by atoms with Gasteiger partial charge in [-0.3, -0.25) is 25.5 Å². The molecule has 2 aromatic carbocycles. The number of nitrogens with one attached hydrogen (secondary N) is 2. The molecule has 0 saturated carbocycles. The summed E-state index contributed by atoms with van der Waals surface area (Å²) in [6, 6.07) is 15.0. The van der Waals surface area contributed by atoms with Crippen molar-refractivity contribution < 1.29 is 4.79 Å². The molecule has 0 fully saturated rings. The molecule has 168 valence electrons. The van der Waals surface area contributed by atoms with E-state index in [2.05, 4.69) is 16.0 Å². The first-order valence-electron chi connectivity index (χ1n) is 10.3. The first-order chi connectivity index (χ1) is 15.8. The highest BCUT2D eigenvalue weighted by Gasteiger charge is 2.31. The van der Waals surface area contributed by atoms with E-state index in [4.69, 9.17) is 27.5 Å². The molecule has 9 nitrogen and oxygen atoms in total. The molecule has 1 heterocycles. The molecule has 0 aromatic heterocycles. The van der Waals surface area contributed by atoms with Crippen LogP contribution in [0, 0.1) is 28.1 Å². The van der Waals surface area contributed by atoms with Gasteiger partial charge in [0.25, 0.3) is 0 Å². The Bertz CT molecular complexity index is 1190. The second-order valence-electron chi connectivity index (χ2n) is 7.74. The number of nitrogens with zero attached hydrogens (tertiary/aromatic N) is 4. The maximum atomic E-state index is 11.0. The number of aliphatic imine (C=N–C) groups is 1. The summed E-state index contributed by atoms with van der Waals surface area (Å²) in [5, 5.41) is 26.2. The molecule has 1 amide bonds. The lowest BCUT2D eigenvalue weighted by Gasteiger charge is -2.27. The molecule has 1 aliphatic rings. The van der Waals surface area contributed by atoms with Gasteiger partial charge in [-0.2, -0.15) is 5.26 Å². The van der Waals surface area contributed by atoms with Crippen LogP contribution >= 0.6 is 0 Å². The van der Waals surface area contributed by atoms with Crippen LogP contribution in [0.15, 0.2) is 53.7 Å². The third-order valence-electron chi connectivity index (χ3n) is 5.31. The molecule has 1 atom stereocenters. The number of nitriles is 1. The number of anilines is 3. The van der Waals surface area contributed by atoms with E-state index in [0.717, 1.165) is 16.9 Å². The number of amidine groups is 2. The molecular weight excluding hydrogens is 416 g/mol. The van der Waals surface area contributed by atoms with E-state index in [1.807, 2.05) is 37.3 Å². The van der Waals surface area contributed by atoms with Gasteiger partial charge in [0.05, 0.1) is 23.0 Å². The van der Waals surface area contributed by atoms with E-state index in [-0.39, 0.29) is 18.3 Å². The number of fused-ring (bicyclic) bond motifs is 1. The van der Waals surface area contributed by atoms with Crippen LogP contribution in [0.3, 0.4) is 0 Å². The lowest BCUT2D eigenvalue weighted by molar-refractivity contribution is -0.116. The van der Waals surface area contributed by atoms with Crippen molar-refractivity contribution >= 4 is 46.4 Å². The SMILES string of the molecule is CC(=N)N1C(=N)[C@H](C)CN(c2ccc(C#N)cc2)c2cc(C(C=NCC(N)=O)=CN)ccc21. The molecule has 1 aliphatic heterocycles. The van der Waals surface area contributed by atoms with Crippen LogP contribution in [0.2, 0.25) is 0 Å². The van der Waals surface area contributed by atoms with Crippen LogP contribution in [-0.2, 0) is 4.79 Å². The highest BCUT2D eigenvalue weighted by Crippen LogP contribution is 2.40. The number of hydrogen-bond acceptors (Lipinski definition) is 7. The highest BCUT2D eigenvalue weighted by atomic mass is 16.1. The van der Waals surface area contributed by atoms with Gasteiger partial charge in [-0.05, 0) is 48.9 Å². The third-order valence-corrected chi connectivity index (χ3v) is 5.31. The fourth-order valence-corrected chi connectivity index (χ4v) is 3.69. The Balaban J connectivity index is 2.18. The van der Waals surface area contributed by atoms with Gasteiger partial charge < -0.3 is 16.4 Å². The number of carbonyl (C=O) groups is 1. The lowest BCUT2D eigenvalue weighted by Crippen LogP contribution is -2.38. The van der Waals surface area contributed by atoms with E-state index in [9.17, 15) is 4.79 Å². The molecule has 6 N–H and O–H groups in total. The zero-order valence-electron chi connectivity index (χ0n) is 18.5. The summed E-state index contributed by atoms with van der Waals surface area (Å²) in [6.07, 6.45) is 2.90. The summed E-state index contributed by atoms with van der Waals surface area (Å²) in [5.41, 5.74) is 15.2. The molecule has 0 unspecified atom stereocenters. The fourth-order valence-electron chi connectivity index (χ4n) is 3.69. The Morgan fingerprint density at radius 3 is 2.55 bits per heavy atom. The Morgan fingerprint density at radius 2 is 1.97 bits per heavy atom. The van der Waals surface area contributed by atoms with Gasteiger partial charge in [0.2, 0.25) is 5.91 Å². The highest BCUT2D eigenvalue weighted by molar-refractivity contribution is 6.20. The van der Waals surface area contributed by atoms with Crippen molar-refractivity contribution in [2.75, 3.05) is 22.9 Å². The van der Waals surface area contributed by atoms with Gasteiger partial charge in [0.15, 0.2) is 0 Å². The first kappa shape index (κ1) is 23.2. The summed E-state index contributed by atoms with van der Waals surface area (Å²) < 4.78 is 0. The molecule has 3 rings (SSSR count). The van der Waals surface area contributed by atoms with Gasteiger partial charge in [-0.15, -0.1) is 0 Å². The maximum Gasteiger partial charge on any atom is 0.239 e. The van der Waals surface area contributed by atoms with Crippen molar-refractivity contribution in [2.45, 2.75) is 13.8 Å². The average Bonchev–Trinajstić information content (AvgIpc) is 2.90. The van der Waals surface area contributed by atoms with Crippen molar-refractivity contribution in [3.8, 4) is 6.07 Å². The molecule has 33 heavy (non-hydrogen) atoms. The molecule has 9 heteroatoms. The summed E-state index contributed by atoms with van der Waals surface area (Å²) in [6.45, 7) is 3.96. The largest absolute Gasteiger partial charge is 0.404 e. The Hall–Kier alpha value is -4.45. The van der Waals surface area contributed by atoms with Crippen molar-refractivity contribution in [1.29, 1.82) is 16.1 Å². The molecule has 0 radical (unpaired) electrons. The molecule has 0 spiro atoms. The van der Waals surface area contributed by atoms with Crippen molar-refractivity contribution in [1.82, 2.24) is 0 Å². The average molecular weight is 443 g/mol. The number of carbonyl (C=O) groups excluding carboxylic acids is 1. The van der Waals surface area contributed by atoms with Crippen molar-refractivity contribution in [3.63, 3.8) is 0 Å². The number of allylic oxidation sites excluding steroid dienone is 1. The monoisotopic (exact) mass is 442 g/mol. The Kier molecular flexibility index (Phi) is 6.88. The minimum Gasteiger partial charge on any atom is -0.404 e. The number of rotatable bonds is 5. The van der Waals surface area contributed by atoms with Gasteiger partial charge in [0.1, 0.15) is 18.2 Å². The molecular formula is C24H26N8O. The first-order valence-corrected chi connectivity index (χ1v) is 10.3. The van der Waals surface area contributed by atoms with E-state index in [1.54, 1.807) is 24.0 Å². The summed E-state index contributed by atoms with van der Waals surface area (Å²) in [7, 11) is 0. The summed E-state index contributed by atoms with van der Waals surface area (Å²) in [4.78, 5) is 18.8. The second-order valence-corrected chi connectivity index (χ2v) is 7.74. The lowest BCUT2D eigenvalue weighted by atomic mass is 10.0. The topological polar surface area (TPSA) is 159 Å². The number of hydrogen-bond donors (Lipinski definition) is 4. The standard InChI is InChI=1S/C24H26N8O/c1-15-14-31(20-6-3-17(10-25)4-7-20)22-9-18(19(11-26)12-30-13-23(28)33)5-8-21(22)32(16(2)27)24(15)29/h3-9,11-12,15,27,29H,13-14,26H2,1-2H3,(H2,28,33)/t15-/m1/s1. The van der Waals surface area contributed by atoms with Crippen LogP contribution < -0.4 is 21.3 Å². The number of primary amides is 1. The third kappa shape index (κ3) is 4.91.